The Morgan fingerprint density at radius 1 is 1.15 bits per heavy atom. The van der Waals surface area contributed by atoms with E-state index in [0.717, 1.165) is 61.8 Å². The zero-order valence-electron chi connectivity index (χ0n) is 16.7. The number of hydrogen-bond donors (Lipinski definition) is 0. The van der Waals surface area contributed by atoms with E-state index < -0.39 is 10.0 Å². The molecular weight excluding hydrogens is 382 g/mol. The zero-order valence-corrected chi connectivity index (χ0v) is 18.3. The van der Waals surface area contributed by atoms with E-state index in [1.165, 1.54) is 6.26 Å². The van der Waals surface area contributed by atoms with Crippen LogP contribution in [0.15, 0.2) is 10.6 Å². The molecule has 152 valence electrons. The maximum atomic E-state index is 12.2. The molecule has 6 heteroatoms. The highest BCUT2D eigenvalue weighted by molar-refractivity contribution is 7.88. The molecule has 0 aromatic carbocycles. The lowest BCUT2D eigenvalue weighted by Gasteiger charge is -2.58. The van der Waals surface area contributed by atoms with Gasteiger partial charge in [-0.1, -0.05) is 25.4 Å². The summed E-state index contributed by atoms with van der Waals surface area (Å²) in [5.41, 5.74) is 0.979. The van der Waals surface area contributed by atoms with Crippen LogP contribution in [0.2, 0.25) is 0 Å². The predicted octanol–water partition coefficient (Wildman–Crippen LogP) is 4.20. The Morgan fingerprint density at radius 2 is 1.89 bits per heavy atom. The SMILES string of the molecule is C[C@]12CCCN(S(C)(=O)=O)CC1CC[C@@H]1[C@@H]2CC[C@]2(C)C(Cl)=C(C=O)C[C@@H]12. The van der Waals surface area contributed by atoms with Gasteiger partial charge >= 0.3 is 0 Å². The minimum atomic E-state index is -3.13. The minimum absolute atomic E-state index is 0.0360. The van der Waals surface area contributed by atoms with Crippen LogP contribution in [0.3, 0.4) is 0 Å². The van der Waals surface area contributed by atoms with Crippen LogP contribution in [0.4, 0.5) is 0 Å². The molecule has 0 N–H and O–H groups in total. The molecule has 3 aliphatic carbocycles. The number of sulfonamides is 1. The molecule has 1 aliphatic heterocycles. The van der Waals surface area contributed by atoms with Gasteiger partial charge in [0.15, 0.2) is 0 Å². The van der Waals surface area contributed by atoms with Crippen LogP contribution in [-0.2, 0) is 14.8 Å². The molecule has 4 aliphatic rings. The van der Waals surface area contributed by atoms with Crippen LogP contribution in [0.25, 0.3) is 0 Å². The van der Waals surface area contributed by atoms with Crippen molar-refractivity contribution in [2.45, 2.75) is 58.8 Å². The third kappa shape index (κ3) is 2.95. The molecule has 4 nitrogen and oxygen atoms in total. The molecule has 0 bridgehead atoms. The molecule has 27 heavy (non-hydrogen) atoms. The van der Waals surface area contributed by atoms with E-state index in [4.69, 9.17) is 11.6 Å². The number of halogens is 1. The molecule has 6 atom stereocenters. The summed E-state index contributed by atoms with van der Waals surface area (Å²) in [6, 6.07) is 0. The second-order valence-electron chi connectivity index (χ2n) is 10.00. The second kappa shape index (κ2) is 6.56. The molecule has 1 saturated heterocycles. The largest absolute Gasteiger partial charge is 0.298 e. The first-order valence-electron chi connectivity index (χ1n) is 10.4. The van der Waals surface area contributed by atoms with Gasteiger partial charge in [0.25, 0.3) is 0 Å². The maximum Gasteiger partial charge on any atom is 0.211 e. The molecule has 0 spiro atoms. The number of allylic oxidation sites excluding steroid dienone is 2. The van der Waals surface area contributed by atoms with Gasteiger partial charge in [0.05, 0.1) is 6.26 Å². The highest BCUT2D eigenvalue weighted by Gasteiger charge is 2.59. The summed E-state index contributed by atoms with van der Waals surface area (Å²) < 4.78 is 26.1. The van der Waals surface area contributed by atoms with Crippen molar-refractivity contribution in [1.29, 1.82) is 0 Å². The summed E-state index contributed by atoms with van der Waals surface area (Å²) in [5, 5.41) is 0.817. The Labute approximate surface area is 168 Å². The fourth-order valence-electron chi connectivity index (χ4n) is 7.26. The minimum Gasteiger partial charge on any atom is -0.298 e. The lowest BCUT2D eigenvalue weighted by molar-refractivity contribution is -0.105. The summed E-state index contributed by atoms with van der Waals surface area (Å²) in [6.07, 6.45) is 9.63. The van der Waals surface area contributed by atoms with Gasteiger partial charge in [0.1, 0.15) is 6.29 Å². The van der Waals surface area contributed by atoms with Crippen molar-refractivity contribution in [3.8, 4) is 0 Å². The number of hydrogen-bond acceptors (Lipinski definition) is 3. The van der Waals surface area contributed by atoms with Crippen molar-refractivity contribution >= 4 is 27.9 Å². The van der Waals surface area contributed by atoms with Crippen molar-refractivity contribution in [1.82, 2.24) is 4.31 Å². The number of aldehydes is 1. The van der Waals surface area contributed by atoms with E-state index in [2.05, 4.69) is 13.8 Å². The fourth-order valence-corrected chi connectivity index (χ4v) is 8.53. The predicted molar refractivity (Wildman–Crippen MR) is 108 cm³/mol. The highest BCUT2D eigenvalue weighted by Crippen LogP contribution is 2.66. The molecule has 1 heterocycles. The zero-order chi connectivity index (χ0) is 19.6. The van der Waals surface area contributed by atoms with Crippen molar-refractivity contribution in [3.63, 3.8) is 0 Å². The van der Waals surface area contributed by atoms with E-state index in [-0.39, 0.29) is 10.8 Å². The molecular formula is C21H32ClNO3S. The monoisotopic (exact) mass is 413 g/mol. The molecule has 0 amide bonds. The van der Waals surface area contributed by atoms with Crippen LogP contribution in [0, 0.1) is 34.5 Å². The standard InChI is InChI=1S/C21H32ClNO3S/c1-20-8-4-10-23(27(3,25)26)12-15(20)5-6-16-17(20)7-9-21(2)18(16)11-14(13-24)19(21)22/h13,15-18H,4-12H2,1-3H3/t15?,16-,17+,18+,20+,21+/m1/s1. The van der Waals surface area contributed by atoms with Crippen LogP contribution in [0.1, 0.15) is 58.8 Å². The van der Waals surface area contributed by atoms with Gasteiger partial charge in [-0.05, 0) is 74.0 Å². The summed E-state index contributed by atoms with van der Waals surface area (Å²) in [4.78, 5) is 11.5. The van der Waals surface area contributed by atoms with Gasteiger partial charge in [0.2, 0.25) is 10.0 Å². The van der Waals surface area contributed by atoms with Gasteiger partial charge in [-0.3, -0.25) is 4.79 Å². The van der Waals surface area contributed by atoms with Crippen molar-refractivity contribution in [3.05, 3.63) is 10.6 Å². The van der Waals surface area contributed by atoms with Crippen LogP contribution >= 0.6 is 11.6 Å². The third-order valence-corrected chi connectivity index (χ3v) is 10.8. The van der Waals surface area contributed by atoms with Crippen molar-refractivity contribution in [2.75, 3.05) is 19.3 Å². The molecule has 0 radical (unpaired) electrons. The van der Waals surface area contributed by atoms with Crippen LogP contribution in [-0.4, -0.2) is 38.4 Å². The molecule has 2 saturated carbocycles. The Kier molecular flexibility index (Phi) is 4.84. The number of rotatable bonds is 2. The summed E-state index contributed by atoms with van der Waals surface area (Å²) >= 11 is 6.67. The highest BCUT2D eigenvalue weighted by atomic mass is 35.5. The Hall–Kier alpha value is -0.390. The van der Waals surface area contributed by atoms with Gasteiger partial charge < -0.3 is 0 Å². The number of carbonyl (C=O) groups excluding carboxylic acids is 1. The van der Waals surface area contributed by atoms with Crippen LogP contribution in [0.5, 0.6) is 0 Å². The van der Waals surface area contributed by atoms with Gasteiger partial charge in [-0.2, -0.15) is 0 Å². The summed E-state index contributed by atoms with van der Waals surface area (Å²) in [7, 11) is -3.13. The second-order valence-corrected chi connectivity index (χ2v) is 12.4. The molecule has 0 aromatic heterocycles. The average molecular weight is 414 g/mol. The summed E-state index contributed by atoms with van der Waals surface area (Å²) in [6.45, 7) is 6.03. The van der Waals surface area contributed by atoms with E-state index in [0.29, 0.717) is 36.8 Å². The first kappa shape index (κ1) is 19.9. The smallest absolute Gasteiger partial charge is 0.211 e. The quantitative estimate of drug-likeness (QED) is 0.637. The average Bonchev–Trinajstić information content (AvgIpc) is 2.75. The normalized spacial score (nSPS) is 45.6. The maximum absolute atomic E-state index is 12.2. The van der Waals surface area contributed by atoms with Crippen molar-refractivity contribution < 1.29 is 13.2 Å². The molecule has 3 fully saturated rings. The van der Waals surface area contributed by atoms with Gasteiger partial charge in [-0.15, -0.1) is 0 Å². The number of fused-ring (bicyclic) bond motifs is 5. The Morgan fingerprint density at radius 3 is 2.56 bits per heavy atom. The van der Waals surface area contributed by atoms with Crippen molar-refractivity contribution in [2.24, 2.45) is 34.5 Å². The summed E-state index contributed by atoms with van der Waals surface area (Å²) in [5.74, 6) is 2.12. The van der Waals surface area contributed by atoms with E-state index >= 15 is 0 Å². The fraction of sp³-hybridized carbons (Fsp3) is 0.857. The lowest BCUT2D eigenvalue weighted by atomic mass is 9.47. The Balaban J connectivity index is 1.63. The number of carbonyl (C=O) groups is 1. The van der Waals surface area contributed by atoms with Gasteiger partial charge in [-0.25, -0.2) is 12.7 Å². The van der Waals surface area contributed by atoms with Crippen LogP contribution < -0.4 is 0 Å². The first-order valence-corrected chi connectivity index (χ1v) is 12.6. The third-order valence-electron chi connectivity index (χ3n) is 8.84. The van der Waals surface area contributed by atoms with E-state index in [9.17, 15) is 13.2 Å². The number of nitrogens with zero attached hydrogens (tertiary/aromatic N) is 1. The Bertz CT molecular complexity index is 778. The molecule has 1 unspecified atom stereocenters. The van der Waals surface area contributed by atoms with E-state index in [1.54, 1.807) is 4.31 Å². The molecule has 4 rings (SSSR count). The lowest BCUT2D eigenvalue weighted by Crippen LogP contribution is -2.52. The van der Waals surface area contributed by atoms with Gasteiger partial charge in [0, 0.05) is 29.1 Å². The molecule has 0 aromatic rings. The first-order chi connectivity index (χ1) is 12.6. The topological polar surface area (TPSA) is 54.5 Å². The van der Waals surface area contributed by atoms with E-state index in [1.807, 2.05) is 0 Å².